The van der Waals surface area contributed by atoms with Gasteiger partial charge in [0.25, 0.3) is 0 Å². The Morgan fingerprint density at radius 3 is 2.69 bits per heavy atom. The Morgan fingerprint density at radius 2 is 2.06 bits per heavy atom. The van der Waals surface area contributed by atoms with Gasteiger partial charge in [-0.2, -0.15) is 0 Å². The van der Waals surface area contributed by atoms with E-state index in [1.165, 1.54) is 6.42 Å². The molecule has 2 rings (SSSR count). The van der Waals surface area contributed by atoms with Crippen LogP contribution in [0, 0.1) is 0 Å². The van der Waals surface area contributed by atoms with Crippen LogP contribution in [0.3, 0.4) is 0 Å². The first-order valence-corrected chi connectivity index (χ1v) is 5.80. The summed E-state index contributed by atoms with van der Waals surface area (Å²) >= 11 is 6.07. The maximum absolute atomic E-state index is 6.07. The van der Waals surface area contributed by atoms with E-state index in [0.717, 1.165) is 18.7 Å². The lowest BCUT2D eigenvalue weighted by molar-refractivity contribution is 0.202. The monoisotopic (exact) mass is 261 g/mol. The number of aromatic nitrogens is 2. The van der Waals surface area contributed by atoms with Crippen molar-refractivity contribution in [2.75, 3.05) is 6.54 Å². The standard InChI is InChI=1S/C11H16ClN3.ClH/c1-8(2)15-7-3-4-9(15)10-11(12)14-6-5-13-10;/h5-6,8-9H,3-4,7H2,1-2H3;1H. The normalized spacial score (nSPS) is 21.1. The van der Waals surface area contributed by atoms with Gasteiger partial charge in [0.2, 0.25) is 0 Å². The van der Waals surface area contributed by atoms with Crippen LogP contribution in [0.4, 0.5) is 0 Å². The average Bonchev–Trinajstić information content (AvgIpc) is 2.67. The minimum atomic E-state index is 0. The second-order valence-electron chi connectivity index (χ2n) is 4.22. The maximum Gasteiger partial charge on any atom is 0.152 e. The van der Waals surface area contributed by atoms with Gasteiger partial charge in [-0.15, -0.1) is 12.4 Å². The highest BCUT2D eigenvalue weighted by molar-refractivity contribution is 6.30. The first-order valence-electron chi connectivity index (χ1n) is 5.42. The molecule has 1 saturated heterocycles. The van der Waals surface area contributed by atoms with Crippen molar-refractivity contribution in [1.29, 1.82) is 0 Å². The molecule has 1 fully saturated rings. The number of likely N-dealkylation sites (tertiary alicyclic amines) is 1. The summed E-state index contributed by atoms with van der Waals surface area (Å²) in [6.45, 7) is 5.56. The second-order valence-corrected chi connectivity index (χ2v) is 4.58. The van der Waals surface area contributed by atoms with Gasteiger partial charge < -0.3 is 0 Å². The van der Waals surface area contributed by atoms with E-state index in [-0.39, 0.29) is 12.4 Å². The summed E-state index contributed by atoms with van der Waals surface area (Å²) in [5, 5.41) is 0.551. The van der Waals surface area contributed by atoms with Crippen LogP contribution in [0.25, 0.3) is 0 Å². The molecule has 16 heavy (non-hydrogen) atoms. The Labute approximate surface area is 108 Å². The van der Waals surface area contributed by atoms with Gasteiger partial charge in [0.05, 0.1) is 11.7 Å². The highest BCUT2D eigenvalue weighted by atomic mass is 35.5. The first-order chi connectivity index (χ1) is 7.20. The number of halogens is 2. The smallest absolute Gasteiger partial charge is 0.152 e. The molecule has 0 spiro atoms. The molecule has 1 unspecified atom stereocenters. The molecule has 1 aromatic heterocycles. The van der Waals surface area contributed by atoms with Gasteiger partial charge in [-0.3, -0.25) is 9.88 Å². The van der Waals surface area contributed by atoms with Crippen molar-refractivity contribution in [1.82, 2.24) is 14.9 Å². The Kier molecular flexibility index (Phi) is 4.96. The molecule has 0 N–H and O–H groups in total. The van der Waals surface area contributed by atoms with Crippen LogP contribution < -0.4 is 0 Å². The molecule has 0 aromatic carbocycles. The number of rotatable bonds is 2. The van der Waals surface area contributed by atoms with E-state index < -0.39 is 0 Å². The topological polar surface area (TPSA) is 29.0 Å². The fraction of sp³-hybridized carbons (Fsp3) is 0.636. The van der Waals surface area contributed by atoms with E-state index in [2.05, 4.69) is 28.7 Å². The van der Waals surface area contributed by atoms with E-state index in [9.17, 15) is 0 Å². The van der Waals surface area contributed by atoms with E-state index in [4.69, 9.17) is 11.6 Å². The van der Waals surface area contributed by atoms with Crippen molar-refractivity contribution in [2.45, 2.75) is 38.8 Å². The minimum absolute atomic E-state index is 0. The Balaban J connectivity index is 0.00000128. The van der Waals surface area contributed by atoms with E-state index in [1.54, 1.807) is 12.4 Å². The summed E-state index contributed by atoms with van der Waals surface area (Å²) in [5.74, 6) is 0. The predicted octanol–water partition coefficient (Wildman–Crippen LogP) is 3.10. The van der Waals surface area contributed by atoms with E-state index in [1.807, 2.05) is 0 Å². The largest absolute Gasteiger partial charge is 0.292 e. The Bertz CT molecular complexity index is 344. The lowest BCUT2D eigenvalue weighted by atomic mass is 10.1. The molecular formula is C11H17Cl2N3. The summed E-state index contributed by atoms with van der Waals surface area (Å²) in [6.07, 6.45) is 5.71. The molecule has 0 radical (unpaired) electrons. The number of hydrogen-bond donors (Lipinski definition) is 0. The third kappa shape index (κ3) is 2.65. The Morgan fingerprint density at radius 1 is 1.38 bits per heavy atom. The van der Waals surface area contributed by atoms with Crippen molar-refractivity contribution in [3.63, 3.8) is 0 Å². The van der Waals surface area contributed by atoms with Crippen molar-refractivity contribution < 1.29 is 0 Å². The van der Waals surface area contributed by atoms with Gasteiger partial charge in [-0.05, 0) is 33.2 Å². The van der Waals surface area contributed by atoms with Crippen LogP contribution >= 0.6 is 24.0 Å². The summed E-state index contributed by atoms with van der Waals surface area (Å²) in [5.41, 5.74) is 0.936. The zero-order chi connectivity index (χ0) is 10.8. The van der Waals surface area contributed by atoms with Crippen molar-refractivity contribution in [2.24, 2.45) is 0 Å². The lowest BCUT2D eigenvalue weighted by Crippen LogP contribution is -2.30. The van der Waals surface area contributed by atoms with Crippen LogP contribution in [-0.4, -0.2) is 27.5 Å². The molecular weight excluding hydrogens is 245 g/mol. The summed E-state index contributed by atoms with van der Waals surface area (Å²) in [4.78, 5) is 10.9. The summed E-state index contributed by atoms with van der Waals surface area (Å²) in [7, 11) is 0. The van der Waals surface area contributed by atoms with Crippen LogP contribution in [0.5, 0.6) is 0 Å². The SMILES string of the molecule is CC(C)N1CCCC1c1nccnc1Cl.Cl. The van der Waals surface area contributed by atoms with Crippen LogP contribution in [0.2, 0.25) is 5.15 Å². The molecule has 0 amide bonds. The van der Waals surface area contributed by atoms with Gasteiger partial charge in [0.1, 0.15) is 0 Å². The predicted molar refractivity (Wildman–Crippen MR) is 68.1 cm³/mol. The quantitative estimate of drug-likeness (QED) is 0.820. The molecule has 1 atom stereocenters. The van der Waals surface area contributed by atoms with Crippen LogP contribution in [0.1, 0.15) is 38.4 Å². The molecule has 0 aliphatic carbocycles. The first kappa shape index (κ1) is 13.7. The lowest BCUT2D eigenvalue weighted by Gasteiger charge is -2.27. The fourth-order valence-electron chi connectivity index (χ4n) is 2.26. The fourth-order valence-corrected chi connectivity index (χ4v) is 2.49. The zero-order valence-corrected chi connectivity index (χ0v) is 11.1. The van der Waals surface area contributed by atoms with E-state index in [0.29, 0.717) is 17.2 Å². The molecule has 90 valence electrons. The zero-order valence-electron chi connectivity index (χ0n) is 9.56. The molecule has 0 saturated carbocycles. The van der Waals surface area contributed by atoms with Gasteiger partial charge in [-0.25, -0.2) is 4.98 Å². The van der Waals surface area contributed by atoms with Crippen molar-refractivity contribution >= 4 is 24.0 Å². The molecule has 2 heterocycles. The molecule has 5 heteroatoms. The van der Waals surface area contributed by atoms with Gasteiger partial charge in [0, 0.05) is 18.4 Å². The maximum atomic E-state index is 6.07. The number of hydrogen-bond acceptors (Lipinski definition) is 3. The van der Waals surface area contributed by atoms with Crippen molar-refractivity contribution in [3.8, 4) is 0 Å². The second kappa shape index (κ2) is 5.80. The molecule has 1 aromatic rings. The summed E-state index contributed by atoms with van der Waals surface area (Å²) in [6, 6.07) is 0.891. The number of nitrogens with zero attached hydrogens (tertiary/aromatic N) is 3. The molecule has 0 bridgehead atoms. The van der Waals surface area contributed by atoms with Crippen molar-refractivity contribution in [3.05, 3.63) is 23.2 Å². The van der Waals surface area contributed by atoms with Gasteiger partial charge >= 0.3 is 0 Å². The summed E-state index contributed by atoms with van der Waals surface area (Å²) < 4.78 is 0. The third-order valence-corrected chi connectivity index (χ3v) is 3.24. The van der Waals surface area contributed by atoms with Gasteiger partial charge in [0.15, 0.2) is 5.15 Å². The molecule has 1 aliphatic heterocycles. The highest BCUT2D eigenvalue weighted by Crippen LogP contribution is 2.34. The molecule has 3 nitrogen and oxygen atoms in total. The minimum Gasteiger partial charge on any atom is -0.292 e. The van der Waals surface area contributed by atoms with E-state index >= 15 is 0 Å². The highest BCUT2D eigenvalue weighted by Gasteiger charge is 2.30. The van der Waals surface area contributed by atoms with Crippen LogP contribution in [0.15, 0.2) is 12.4 Å². The Hall–Kier alpha value is -0.380. The van der Waals surface area contributed by atoms with Crippen LogP contribution in [-0.2, 0) is 0 Å². The van der Waals surface area contributed by atoms with Gasteiger partial charge in [-0.1, -0.05) is 11.6 Å². The third-order valence-electron chi connectivity index (χ3n) is 2.95. The molecule has 1 aliphatic rings. The average molecular weight is 262 g/mol.